The first kappa shape index (κ1) is 15.0. The van der Waals surface area contributed by atoms with E-state index in [9.17, 15) is 13.6 Å². The summed E-state index contributed by atoms with van der Waals surface area (Å²) >= 11 is 0. The van der Waals surface area contributed by atoms with Gasteiger partial charge in [-0.25, -0.2) is 8.78 Å². The number of methoxy groups -OCH3 is 2. The minimum Gasteiger partial charge on any atom is -0.493 e. The summed E-state index contributed by atoms with van der Waals surface area (Å²) in [7, 11) is 3.00. The monoisotopic (exact) mass is 292 g/mol. The zero-order valence-electron chi connectivity index (χ0n) is 11.7. The predicted molar refractivity (Wildman–Crippen MR) is 73.9 cm³/mol. The van der Waals surface area contributed by atoms with Gasteiger partial charge in [-0.15, -0.1) is 0 Å². The van der Waals surface area contributed by atoms with E-state index in [1.54, 1.807) is 18.2 Å². The average Bonchev–Trinajstić information content (AvgIpc) is 2.46. The molecule has 0 amide bonds. The van der Waals surface area contributed by atoms with Gasteiger partial charge in [-0.3, -0.25) is 4.79 Å². The zero-order valence-corrected chi connectivity index (χ0v) is 11.7. The van der Waals surface area contributed by atoms with Crippen LogP contribution in [0.25, 0.3) is 0 Å². The van der Waals surface area contributed by atoms with Crippen molar-refractivity contribution in [1.82, 2.24) is 0 Å². The van der Waals surface area contributed by atoms with E-state index in [-0.39, 0.29) is 17.8 Å². The molecule has 0 aliphatic rings. The summed E-state index contributed by atoms with van der Waals surface area (Å²) in [6.45, 7) is 0. The molecule has 0 N–H and O–H groups in total. The molecule has 110 valence electrons. The van der Waals surface area contributed by atoms with E-state index in [4.69, 9.17) is 9.47 Å². The second-order valence-electron chi connectivity index (χ2n) is 4.45. The summed E-state index contributed by atoms with van der Waals surface area (Å²) in [5.41, 5.74) is 0.671. The predicted octanol–water partition coefficient (Wildman–Crippen LogP) is 3.41. The molecule has 3 nitrogen and oxygen atoms in total. The number of hydrogen-bond acceptors (Lipinski definition) is 3. The molecule has 0 aromatic heterocycles. The summed E-state index contributed by atoms with van der Waals surface area (Å²) in [6, 6.07) is 7.81. The number of benzene rings is 2. The molecule has 21 heavy (non-hydrogen) atoms. The third-order valence-electron chi connectivity index (χ3n) is 3.00. The standard InChI is InChI=1S/C16H14F2O3/c1-20-15-4-3-10(6-16(15)21-2)5-14(19)11-7-12(17)9-13(18)8-11/h3-4,6-9H,5H2,1-2H3. The van der Waals surface area contributed by atoms with Gasteiger partial charge in [0, 0.05) is 18.1 Å². The molecule has 0 heterocycles. The van der Waals surface area contributed by atoms with E-state index in [2.05, 4.69) is 0 Å². The van der Waals surface area contributed by atoms with Crippen LogP contribution in [0.1, 0.15) is 15.9 Å². The van der Waals surface area contributed by atoms with Gasteiger partial charge < -0.3 is 9.47 Å². The van der Waals surface area contributed by atoms with Crippen molar-refractivity contribution in [2.45, 2.75) is 6.42 Å². The summed E-state index contributed by atoms with van der Waals surface area (Å²) in [6.07, 6.45) is 0.0171. The Balaban J connectivity index is 2.23. The van der Waals surface area contributed by atoms with Crippen LogP contribution in [0.2, 0.25) is 0 Å². The molecule has 2 aromatic rings. The fraction of sp³-hybridized carbons (Fsp3) is 0.188. The molecule has 5 heteroatoms. The van der Waals surface area contributed by atoms with Crippen molar-refractivity contribution in [2.75, 3.05) is 14.2 Å². The molecule has 0 unspecified atom stereocenters. The molecule has 0 bridgehead atoms. The van der Waals surface area contributed by atoms with Gasteiger partial charge in [0.2, 0.25) is 0 Å². The Kier molecular flexibility index (Phi) is 4.52. The van der Waals surface area contributed by atoms with E-state index < -0.39 is 11.6 Å². The van der Waals surface area contributed by atoms with Crippen molar-refractivity contribution in [3.8, 4) is 11.5 Å². The highest BCUT2D eigenvalue weighted by molar-refractivity contribution is 5.97. The van der Waals surface area contributed by atoms with Crippen LogP contribution in [0.3, 0.4) is 0 Å². The summed E-state index contributed by atoms with van der Waals surface area (Å²) in [5.74, 6) is -0.879. The molecule has 2 rings (SSSR count). The quantitative estimate of drug-likeness (QED) is 0.792. The maximum absolute atomic E-state index is 13.1. The highest BCUT2D eigenvalue weighted by Crippen LogP contribution is 2.28. The normalized spacial score (nSPS) is 10.3. The van der Waals surface area contributed by atoms with Gasteiger partial charge >= 0.3 is 0 Å². The van der Waals surface area contributed by atoms with Crippen LogP contribution in [0, 0.1) is 11.6 Å². The lowest BCUT2D eigenvalue weighted by Crippen LogP contribution is -2.05. The fourth-order valence-electron chi connectivity index (χ4n) is 1.99. The number of carbonyl (C=O) groups is 1. The summed E-state index contributed by atoms with van der Waals surface area (Å²) in [4.78, 5) is 12.1. The van der Waals surface area contributed by atoms with Gasteiger partial charge in [0.15, 0.2) is 17.3 Å². The van der Waals surface area contributed by atoms with E-state index in [0.29, 0.717) is 17.1 Å². The molecule has 2 aromatic carbocycles. The Hall–Kier alpha value is -2.43. The number of hydrogen-bond donors (Lipinski definition) is 0. The molecule has 0 saturated heterocycles. The molecular weight excluding hydrogens is 278 g/mol. The summed E-state index contributed by atoms with van der Waals surface area (Å²) in [5, 5.41) is 0. The maximum atomic E-state index is 13.1. The second-order valence-corrected chi connectivity index (χ2v) is 4.45. The minimum absolute atomic E-state index is 0.00212. The van der Waals surface area contributed by atoms with Crippen LogP contribution in [-0.2, 0) is 6.42 Å². The van der Waals surface area contributed by atoms with E-state index >= 15 is 0 Å². The lowest BCUT2D eigenvalue weighted by Gasteiger charge is -2.09. The zero-order chi connectivity index (χ0) is 15.4. The molecule has 0 saturated carbocycles. The van der Waals surface area contributed by atoms with Gasteiger partial charge in [-0.1, -0.05) is 6.07 Å². The van der Waals surface area contributed by atoms with Crippen LogP contribution in [0.15, 0.2) is 36.4 Å². The number of carbonyl (C=O) groups excluding carboxylic acids is 1. The Bertz CT molecular complexity index is 648. The second kappa shape index (κ2) is 6.35. The highest BCUT2D eigenvalue weighted by Gasteiger charge is 2.12. The number of Topliss-reactive ketones (excluding diaryl/α,β-unsaturated/α-hetero) is 1. The molecule has 0 atom stereocenters. The average molecular weight is 292 g/mol. The molecular formula is C16H14F2O3. The molecule has 0 aliphatic heterocycles. The Morgan fingerprint density at radius 3 is 2.14 bits per heavy atom. The third kappa shape index (κ3) is 3.56. The van der Waals surface area contributed by atoms with E-state index in [0.717, 1.165) is 18.2 Å². The van der Waals surface area contributed by atoms with Gasteiger partial charge in [0.05, 0.1) is 14.2 Å². The van der Waals surface area contributed by atoms with E-state index in [1.165, 1.54) is 14.2 Å². The lowest BCUT2D eigenvalue weighted by atomic mass is 10.0. The largest absolute Gasteiger partial charge is 0.493 e. The first-order chi connectivity index (χ1) is 10.0. The van der Waals surface area contributed by atoms with Gasteiger partial charge in [-0.05, 0) is 29.8 Å². The van der Waals surface area contributed by atoms with Crippen LogP contribution in [0.5, 0.6) is 11.5 Å². The smallest absolute Gasteiger partial charge is 0.167 e. The number of ketones is 1. The van der Waals surface area contributed by atoms with Crippen LogP contribution >= 0.6 is 0 Å². The molecule has 0 radical (unpaired) electrons. The van der Waals surface area contributed by atoms with E-state index in [1.807, 2.05) is 0 Å². The third-order valence-corrected chi connectivity index (χ3v) is 3.00. The maximum Gasteiger partial charge on any atom is 0.167 e. The highest BCUT2D eigenvalue weighted by atomic mass is 19.1. The van der Waals surface area contributed by atoms with Crippen molar-refractivity contribution >= 4 is 5.78 Å². The lowest BCUT2D eigenvalue weighted by molar-refractivity contribution is 0.0992. The molecule has 0 fully saturated rings. The molecule has 0 aliphatic carbocycles. The van der Waals surface area contributed by atoms with Crippen molar-refractivity contribution in [3.05, 3.63) is 59.2 Å². The van der Waals surface area contributed by atoms with Crippen molar-refractivity contribution in [3.63, 3.8) is 0 Å². The number of rotatable bonds is 5. The summed E-state index contributed by atoms with van der Waals surface area (Å²) < 4.78 is 36.5. The Morgan fingerprint density at radius 1 is 0.952 bits per heavy atom. The topological polar surface area (TPSA) is 35.5 Å². The van der Waals surface area contributed by atoms with Gasteiger partial charge in [-0.2, -0.15) is 0 Å². The fourth-order valence-corrected chi connectivity index (χ4v) is 1.99. The minimum atomic E-state index is -0.773. The van der Waals surface area contributed by atoms with Crippen molar-refractivity contribution < 1.29 is 23.0 Å². The van der Waals surface area contributed by atoms with Crippen molar-refractivity contribution in [2.24, 2.45) is 0 Å². The Labute approximate surface area is 121 Å². The van der Waals surface area contributed by atoms with Crippen LogP contribution < -0.4 is 9.47 Å². The first-order valence-electron chi connectivity index (χ1n) is 6.23. The van der Waals surface area contributed by atoms with Crippen LogP contribution in [-0.4, -0.2) is 20.0 Å². The SMILES string of the molecule is COc1ccc(CC(=O)c2cc(F)cc(F)c2)cc1OC. The first-order valence-corrected chi connectivity index (χ1v) is 6.23. The molecule has 0 spiro atoms. The number of halogens is 2. The Morgan fingerprint density at radius 2 is 1.57 bits per heavy atom. The van der Waals surface area contributed by atoms with Crippen molar-refractivity contribution in [1.29, 1.82) is 0 Å². The number of ether oxygens (including phenoxy) is 2. The van der Waals surface area contributed by atoms with Gasteiger partial charge in [0.25, 0.3) is 0 Å². The van der Waals surface area contributed by atoms with Gasteiger partial charge in [0.1, 0.15) is 11.6 Å². The van der Waals surface area contributed by atoms with Crippen LogP contribution in [0.4, 0.5) is 8.78 Å².